The van der Waals surface area contributed by atoms with Crippen LogP contribution in [0.15, 0.2) is 18.2 Å². The largest absolute Gasteiger partial charge is 0.350 e. The Morgan fingerprint density at radius 3 is 2.49 bits per heavy atom. The number of amides is 5. The molecule has 10 nitrogen and oxygen atoms in total. The smallest absolute Gasteiger partial charge is 0.315 e. The SMILES string of the molecule is CCNC(=O)C(=O)[C@H](Cc1ccc(F)c(F)c1)NC(=O)[C@H](CC(C)C)NC(=O)CCCCC1SC[C@@H]2NC(=O)N[C@H]12. The Morgan fingerprint density at radius 2 is 1.80 bits per heavy atom. The molecule has 13 heteroatoms. The summed E-state index contributed by atoms with van der Waals surface area (Å²) in [6.45, 7) is 5.59. The number of unbranched alkanes of at least 4 members (excludes halogenated alkanes) is 1. The highest BCUT2D eigenvalue weighted by Gasteiger charge is 2.42. The molecule has 5 atom stereocenters. The van der Waals surface area contributed by atoms with E-state index in [2.05, 4.69) is 26.6 Å². The van der Waals surface area contributed by atoms with Crippen molar-refractivity contribution in [2.45, 2.75) is 88.7 Å². The summed E-state index contributed by atoms with van der Waals surface area (Å²) in [5, 5.41) is 13.8. The van der Waals surface area contributed by atoms with Crippen LogP contribution in [-0.2, 0) is 25.6 Å². The number of carbonyl (C=O) groups excluding carboxylic acids is 5. The quantitative estimate of drug-likeness (QED) is 0.119. The van der Waals surface area contributed by atoms with Gasteiger partial charge in [0, 0.05) is 30.4 Å². The molecule has 0 aliphatic carbocycles. The second-order valence-corrected chi connectivity index (χ2v) is 12.1. The van der Waals surface area contributed by atoms with Gasteiger partial charge in [0.2, 0.25) is 17.6 Å². The third-order valence-electron chi connectivity index (χ3n) is 7.06. The maximum Gasteiger partial charge on any atom is 0.315 e. The van der Waals surface area contributed by atoms with Gasteiger partial charge in [0.25, 0.3) is 5.91 Å². The maximum atomic E-state index is 13.8. The van der Waals surface area contributed by atoms with Gasteiger partial charge in [-0.3, -0.25) is 19.2 Å². The Labute approximate surface area is 242 Å². The van der Waals surface area contributed by atoms with Crippen molar-refractivity contribution in [3.05, 3.63) is 35.4 Å². The van der Waals surface area contributed by atoms with Crippen molar-refractivity contribution in [3.8, 4) is 0 Å². The highest BCUT2D eigenvalue weighted by molar-refractivity contribution is 8.00. The number of ketones is 1. The van der Waals surface area contributed by atoms with Crippen LogP contribution in [0, 0.1) is 17.6 Å². The summed E-state index contributed by atoms with van der Waals surface area (Å²) in [6, 6.07) is 0.896. The molecular weight excluding hydrogens is 556 g/mol. The zero-order valence-electron chi connectivity index (χ0n) is 23.6. The van der Waals surface area contributed by atoms with Crippen LogP contribution < -0.4 is 26.6 Å². The molecule has 1 aromatic carbocycles. The minimum absolute atomic E-state index is 0.0253. The normalized spacial score (nSPS) is 20.9. The minimum atomic E-state index is -1.34. The van der Waals surface area contributed by atoms with E-state index < -0.39 is 41.3 Å². The molecule has 5 N–H and O–H groups in total. The second-order valence-electron chi connectivity index (χ2n) is 10.9. The van der Waals surface area contributed by atoms with Crippen LogP contribution in [0.1, 0.15) is 58.4 Å². The van der Waals surface area contributed by atoms with Crippen LogP contribution in [-0.4, -0.2) is 71.3 Å². The standard InChI is InChI=1S/C28H39F2N5O5S/c1-4-31-27(39)25(37)19(13-16-9-10-17(29)18(30)12-16)33-26(38)20(11-15(2)3)32-23(36)8-6-5-7-22-24-21(14-41-22)34-28(40)35-24/h9-10,12,15,19-22,24H,4-8,11,13-14H2,1-3H3,(H,31,39)(H,32,36)(H,33,38)(H2,34,35,40)/t19-,20-,21-,22?,24-/m0/s1. The summed E-state index contributed by atoms with van der Waals surface area (Å²) in [4.78, 5) is 62.7. The summed E-state index contributed by atoms with van der Waals surface area (Å²) in [7, 11) is 0. The molecule has 0 radical (unpaired) electrons. The average Bonchev–Trinajstić information content (AvgIpc) is 3.46. The van der Waals surface area contributed by atoms with E-state index >= 15 is 0 Å². The van der Waals surface area contributed by atoms with Crippen LogP contribution in [0.2, 0.25) is 0 Å². The lowest BCUT2D eigenvalue weighted by molar-refractivity contribution is -0.140. The van der Waals surface area contributed by atoms with E-state index in [-0.39, 0.29) is 60.1 Å². The number of likely N-dealkylation sites (N-methyl/N-ethyl adjacent to an activating group) is 1. The van der Waals surface area contributed by atoms with Gasteiger partial charge in [-0.25, -0.2) is 13.6 Å². The molecule has 2 fully saturated rings. The molecule has 5 amide bonds. The van der Waals surface area contributed by atoms with Gasteiger partial charge in [0.05, 0.1) is 12.1 Å². The van der Waals surface area contributed by atoms with Crippen LogP contribution in [0.4, 0.5) is 13.6 Å². The molecular formula is C28H39F2N5O5S. The number of nitrogens with one attached hydrogen (secondary N) is 5. The Morgan fingerprint density at radius 1 is 1.05 bits per heavy atom. The fraction of sp³-hybridized carbons (Fsp3) is 0.607. The lowest BCUT2D eigenvalue weighted by atomic mass is 9.99. The maximum absolute atomic E-state index is 13.8. The number of hydrogen-bond acceptors (Lipinski definition) is 6. The fourth-order valence-electron chi connectivity index (χ4n) is 5.03. The Kier molecular flexibility index (Phi) is 11.9. The molecule has 0 bridgehead atoms. The monoisotopic (exact) mass is 595 g/mol. The number of fused-ring (bicyclic) bond motifs is 1. The average molecular weight is 596 g/mol. The van der Waals surface area contributed by atoms with Gasteiger partial charge >= 0.3 is 6.03 Å². The first kappa shape index (κ1) is 32.3. The molecule has 2 saturated heterocycles. The van der Waals surface area contributed by atoms with E-state index in [1.807, 2.05) is 13.8 Å². The first-order chi connectivity index (χ1) is 19.5. The molecule has 2 aliphatic heterocycles. The molecule has 2 heterocycles. The van der Waals surface area contributed by atoms with E-state index in [0.29, 0.717) is 12.8 Å². The molecule has 2 aliphatic rings. The molecule has 0 saturated carbocycles. The van der Waals surface area contributed by atoms with Gasteiger partial charge in [0.1, 0.15) is 12.1 Å². The van der Waals surface area contributed by atoms with Gasteiger partial charge in [-0.15, -0.1) is 0 Å². The van der Waals surface area contributed by atoms with Crippen molar-refractivity contribution in [2.75, 3.05) is 12.3 Å². The van der Waals surface area contributed by atoms with Crippen LogP contribution >= 0.6 is 11.8 Å². The Bertz CT molecular complexity index is 1140. The fourth-order valence-corrected chi connectivity index (χ4v) is 6.58. The van der Waals surface area contributed by atoms with Crippen molar-refractivity contribution in [1.82, 2.24) is 26.6 Å². The highest BCUT2D eigenvalue weighted by Crippen LogP contribution is 2.33. The number of thioether (sulfide) groups is 1. The Balaban J connectivity index is 1.58. The Hall–Kier alpha value is -3.22. The molecule has 226 valence electrons. The zero-order valence-corrected chi connectivity index (χ0v) is 24.4. The van der Waals surface area contributed by atoms with E-state index in [9.17, 15) is 32.8 Å². The number of urea groups is 1. The number of carbonyl (C=O) groups is 5. The molecule has 1 aromatic rings. The highest BCUT2D eigenvalue weighted by atomic mass is 32.2. The zero-order chi connectivity index (χ0) is 30.1. The summed E-state index contributed by atoms with van der Waals surface area (Å²) in [5.41, 5.74) is 0.219. The van der Waals surface area contributed by atoms with Crippen molar-refractivity contribution < 1.29 is 32.8 Å². The third kappa shape index (κ3) is 9.40. The lowest BCUT2D eigenvalue weighted by Gasteiger charge is -2.24. The van der Waals surface area contributed by atoms with Crippen molar-refractivity contribution in [2.24, 2.45) is 5.92 Å². The third-order valence-corrected chi connectivity index (χ3v) is 8.57. The van der Waals surface area contributed by atoms with Crippen molar-refractivity contribution in [1.29, 1.82) is 0 Å². The molecule has 41 heavy (non-hydrogen) atoms. The molecule has 1 unspecified atom stereocenters. The predicted molar refractivity (Wildman–Crippen MR) is 151 cm³/mol. The van der Waals surface area contributed by atoms with E-state index in [0.717, 1.165) is 30.7 Å². The number of benzene rings is 1. The van der Waals surface area contributed by atoms with E-state index in [1.165, 1.54) is 6.07 Å². The first-order valence-electron chi connectivity index (χ1n) is 14.0. The van der Waals surface area contributed by atoms with Crippen molar-refractivity contribution in [3.63, 3.8) is 0 Å². The van der Waals surface area contributed by atoms with Crippen LogP contribution in [0.25, 0.3) is 0 Å². The summed E-state index contributed by atoms with van der Waals surface area (Å²) in [5.74, 6) is -4.08. The summed E-state index contributed by atoms with van der Waals surface area (Å²) in [6.07, 6.45) is 2.49. The minimum Gasteiger partial charge on any atom is -0.350 e. The van der Waals surface area contributed by atoms with Gasteiger partial charge in [-0.05, 0) is 49.8 Å². The number of halogens is 2. The number of rotatable bonds is 15. The van der Waals surface area contributed by atoms with E-state index in [4.69, 9.17) is 0 Å². The summed E-state index contributed by atoms with van der Waals surface area (Å²) < 4.78 is 27.2. The topological polar surface area (TPSA) is 146 Å². The molecule has 0 aromatic heterocycles. The second kappa shape index (κ2) is 15.1. The lowest BCUT2D eigenvalue weighted by Crippen LogP contribution is -2.54. The van der Waals surface area contributed by atoms with Gasteiger partial charge < -0.3 is 26.6 Å². The number of hydrogen-bond donors (Lipinski definition) is 5. The van der Waals surface area contributed by atoms with Crippen LogP contribution in [0.5, 0.6) is 0 Å². The van der Waals surface area contributed by atoms with Gasteiger partial charge in [-0.1, -0.05) is 26.3 Å². The molecule has 3 rings (SSSR count). The van der Waals surface area contributed by atoms with E-state index in [1.54, 1.807) is 18.7 Å². The first-order valence-corrected chi connectivity index (χ1v) is 15.1. The van der Waals surface area contributed by atoms with Crippen LogP contribution in [0.3, 0.4) is 0 Å². The number of Topliss-reactive ketones (excluding diaryl/α,β-unsaturated/α-hetero) is 1. The summed E-state index contributed by atoms with van der Waals surface area (Å²) >= 11 is 1.81. The molecule has 0 spiro atoms. The van der Waals surface area contributed by atoms with Gasteiger partial charge in [0.15, 0.2) is 11.6 Å². The van der Waals surface area contributed by atoms with Crippen molar-refractivity contribution >= 4 is 41.3 Å². The van der Waals surface area contributed by atoms with Gasteiger partial charge in [-0.2, -0.15) is 11.8 Å². The predicted octanol–water partition coefficient (Wildman–Crippen LogP) is 1.95.